The summed E-state index contributed by atoms with van der Waals surface area (Å²) in [6, 6.07) is 6.52. The van der Waals surface area contributed by atoms with Crippen molar-refractivity contribution in [1.29, 1.82) is 0 Å². The van der Waals surface area contributed by atoms with Gasteiger partial charge >= 0.3 is 5.97 Å². The molecule has 20 heavy (non-hydrogen) atoms. The number of nitrogens with zero attached hydrogens (tertiary/aromatic N) is 1. The van der Waals surface area contributed by atoms with Crippen LogP contribution in [0, 0.1) is 6.92 Å². The van der Waals surface area contributed by atoms with Crippen LogP contribution in [0.1, 0.15) is 39.3 Å². The Kier molecular flexibility index (Phi) is 4.74. The van der Waals surface area contributed by atoms with Gasteiger partial charge in [0.15, 0.2) is 0 Å². The molecule has 1 aromatic heterocycles. The number of carboxylic acids is 1. The fourth-order valence-corrected chi connectivity index (χ4v) is 2.90. The smallest absolute Gasteiger partial charge is 0.335 e. The largest absolute Gasteiger partial charge is 0.488 e. The Labute approximate surface area is 122 Å². The zero-order chi connectivity index (χ0) is 14.5. The number of aromatic nitrogens is 1. The number of carbonyl (C=O) groups is 1. The number of benzene rings is 1. The fourth-order valence-electron chi connectivity index (χ4n) is 1.81. The van der Waals surface area contributed by atoms with Gasteiger partial charge in [0.1, 0.15) is 12.4 Å². The van der Waals surface area contributed by atoms with Crippen molar-refractivity contribution in [3.63, 3.8) is 0 Å². The van der Waals surface area contributed by atoms with Crippen molar-refractivity contribution in [1.82, 2.24) is 4.98 Å². The summed E-state index contributed by atoms with van der Waals surface area (Å²) in [5, 5.41) is 10.1. The highest BCUT2D eigenvalue weighted by Crippen LogP contribution is 2.22. The van der Waals surface area contributed by atoms with E-state index < -0.39 is 5.97 Å². The molecule has 0 amide bonds. The predicted molar refractivity (Wildman–Crippen MR) is 78.6 cm³/mol. The SMILES string of the molecule is CCCc1nc(C)c(COc2cccc(C(=O)O)c2)s1. The van der Waals surface area contributed by atoms with E-state index in [9.17, 15) is 4.79 Å². The van der Waals surface area contributed by atoms with Gasteiger partial charge in [-0.25, -0.2) is 9.78 Å². The summed E-state index contributed by atoms with van der Waals surface area (Å²) >= 11 is 1.66. The maximum Gasteiger partial charge on any atom is 0.335 e. The lowest BCUT2D eigenvalue weighted by molar-refractivity contribution is 0.0696. The van der Waals surface area contributed by atoms with Crippen LogP contribution in [-0.4, -0.2) is 16.1 Å². The number of ether oxygens (including phenoxy) is 1. The molecule has 0 aliphatic rings. The van der Waals surface area contributed by atoms with Gasteiger partial charge in [-0.05, 0) is 38.0 Å². The van der Waals surface area contributed by atoms with Crippen LogP contribution in [0.5, 0.6) is 5.75 Å². The van der Waals surface area contributed by atoms with Gasteiger partial charge in [0, 0.05) is 0 Å². The normalized spacial score (nSPS) is 10.5. The van der Waals surface area contributed by atoms with Crippen molar-refractivity contribution in [2.75, 3.05) is 0 Å². The Morgan fingerprint density at radius 1 is 1.45 bits per heavy atom. The summed E-state index contributed by atoms with van der Waals surface area (Å²) in [7, 11) is 0. The summed E-state index contributed by atoms with van der Waals surface area (Å²) in [5.41, 5.74) is 1.23. The third-order valence-electron chi connectivity index (χ3n) is 2.85. The van der Waals surface area contributed by atoms with E-state index in [0.717, 1.165) is 28.4 Å². The first-order valence-electron chi connectivity index (χ1n) is 6.51. The summed E-state index contributed by atoms with van der Waals surface area (Å²) < 4.78 is 5.66. The topological polar surface area (TPSA) is 59.4 Å². The summed E-state index contributed by atoms with van der Waals surface area (Å²) in [5.74, 6) is -0.385. The van der Waals surface area contributed by atoms with Gasteiger partial charge in [0.25, 0.3) is 0 Å². The molecule has 2 rings (SSSR count). The summed E-state index contributed by atoms with van der Waals surface area (Å²) in [4.78, 5) is 16.5. The van der Waals surface area contributed by atoms with Gasteiger partial charge in [-0.2, -0.15) is 0 Å². The molecule has 0 aliphatic heterocycles. The number of rotatable bonds is 6. The molecular formula is C15H17NO3S. The predicted octanol–water partition coefficient (Wildman–Crippen LogP) is 3.68. The standard InChI is InChI=1S/C15H17NO3S/c1-3-5-14-16-10(2)13(20-14)9-19-12-7-4-6-11(8-12)15(17)18/h4,6-8H,3,5,9H2,1-2H3,(H,17,18). The fraction of sp³-hybridized carbons (Fsp3) is 0.333. The number of thiazole rings is 1. The average molecular weight is 291 g/mol. The molecule has 0 unspecified atom stereocenters. The minimum absolute atomic E-state index is 0.232. The average Bonchev–Trinajstić information content (AvgIpc) is 2.77. The molecule has 1 aromatic carbocycles. The Morgan fingerprint density at radius 3 is 2.95 bits per heavy atom. The van der Waals surface area contributed by atoms with E-state index >= 15 is 0 Å². The van der Waals surface area contributed by atoms with Crippen LogP contribution in [0.4, 0.5) is 0 Å². The van der Waals surface area contributed by atoms with Gasteiger partial charge < -0.3 is 9.84 Å². The van der Waals surface area contributed by atoms with Crippen molar-refractivity contribution in [2.45, 2.75) is 33.3 Å². The Bertz CT molecular complexity index is 607. The van der Waals surface area contributed by atoms with E-state index in [1.807, 2.05) is 6.92 Å². The molecule has 1 heterocycles. The van der Waals surface area contributed by atoms with Crippen molar-refractivity contribution in [3.8, 4) is 5.75 Å². The highest BCUT2D eigenvalue weighted by Gasteiger charge is 2.09. The second-order valence-corrected chi connectivity index (χ2v) is 5.66. The molecule has 0 bridgehead atoms. The zero-order valence-electron chi connectivity index (χ0n) is 11.5. The maximum absolute atomic E-state index is 10.9. The van der Waals surface area contributed by atoms with Crippen LogP contribution in [0.25, 0.3) is 0 Å². The minimum Gasteiger partial charge on any atom is -0.488 e. The van der Waals surface area contributed by atoms with Gasteiger partial charge in [-0.15, -0.1) is 11.3 Å². The maximum atomic E-state index is 10.9. The third-order valence-corrected chi connectivity index (χ3v) is 4.04. The van der Waals surface area contributed by atoms with E-state index in [-0.39, 0.29) is 5.56 Å². The highest BCUT2D eigenvalue weighted by atomic mass is 32.1. The van der Waals surface area contributed by atoms with Crippen LogP contribution >= 0.6 is 11.3 Å². The Balaban J connectivity index is 2.05. The second-order valence-electron chi connectivity index (χ2n) is 4.49. The molecular weight excluding hydrogens is 274 g/mol. The quantitative estimate of drug-likeness (QED) is 0.882. The number of carboxylic acid groups (broad SMARTS) is 1. The second kappa shape index (κ2) is 6.52. The Hall–Kier alpha value is -1.88. The molecule has 0 saturated heterocycles. The lowest BCUT2D eigenvalue weighted by Crippen LogP contribution is -1.99. The van der Waals surface area contributed by atoms with Gasteiger partial charge in [-0.1, -0.05) is 13.0 Å². The van der Waals surface area contributed by atoms with Crippen molar-refractivity contribution in [3.05, 3.63) is 45.4 Å². The molecule has 106 valence electrons. The summed E-state index contributed by atoms with van der Waals surface area (Å²) in [6.07, 6.45) is 2.06. The molecule has 0 spiro atoms. The lowest BCUT2D eigenvalue weighted by atomic mass is 10.2. The van der Waals surface area contributed by atoms with Crippen LogP contribution in [0.2, 0.25) is 0 Å². The number of aryl methyl sites for hydroxylation is 2. The van der Waals surface area contributed by atoms with Crippen molar-refractivity contribution < 1.29 is 14.6 Å². The number of aromatic carboxylic acids is 1. The molecule has 4 nitrogen and oxygen atoms in total. The Morgan fingerprint density at radius 2 is 2.25 bits per heavy atom. The lowest BCUT2D eigenvalue weighted by Gasteiger charge is -2.05. The van der Waals surface area contributed by atoms with Gasteiger partial charge in [0.05, 0.1) is 21.1 Å². The highest BCUT2D eigenvalue weighted by molar-refractivity contribution is 7.11. The van der Waals surface area contributed by atoms with Gasteiger partial charge in [-0.3, -0.25) is 0 Å². The molecule has 0 fully saturated rings. The van der Waals surface area contributed by atoms with E-state index in [1.165, 1.54) is 6.07 Å². The zero-order valence-corrected chi connectivity index (χ0v) is 12.4. The monoisotopic (exact) mass is 291 g/mol. The third kappa shape index (κ3) is 3.57. The van der Waals surface area contributed by atoms with Gasteiger partial charge in [0.2, 0.25) is 0 Å². The number of hydrogen-bond acceptors (Lipinski definition) is 4. The number of hydrogen-bond donors (Lipinski definition) is 1. The summed E-state index contributed by atoms with van der Waals surface area (Å²) in [6.45, 7) is 4.53. The minimum atomic E-state index is -0.949. The van der Waals surface area contributed by atoms with Crippen molar-refractivity contribution in [2.24, 2.45) is 0 Å². The van der Waals surface area contributed by atoms with E-state index in [1.54, 1.807) is 29.5 Å². The van der Waals surface area contributed by atoms with E-state index in [0.29, 0.717) is 12.4 Å². The van der Waals surface area contributed by atoms with Crippen LogP contribution < -0.4 is 4.74 Å². The molecule has 0 saturated carbocycles. The van der Waals surface area contributed by atoms with E-state index in [2.05, 4.69) is 11.9 Å². The molecule has 2 aromatic rings. The molecule has 1 N–H and O–H groups in total. The first kappa shape index (κ1) is 14.5. The van der Waals surface area contributed by atoms with Crippen LogP contribution in [-0.2, 0) is 13.0 Å². The molecule has 0 atom stereocenters. The molecule has 0 radical (unpaired) electrons. The van der Waals surface area contributed by atoms with Crippen molar-refractivity contribution >= 4 is 17.3 Å². The first-order valence-corrected chi connectivity index (χ1v) is 7.33. The van der Waals surface area contributed by atoms with Crippen LogP contribution in [0.3, 0.4) is 0 Å². The first-order chi connectivity index (χ1) is 9.60. The molecule has 0 aliphatic carbocycles. The van der Waals surface area contributed by atoms with E-state index in [4.69, 9.17) is 9.84 Å². The molecule has 5 heteroatoms. The van der Waals surface area contributed by atoms with Crippen LogP contribution in [0.15, 0.2) is 24.3 Å².